The Morgan fingerprint density at radius 3 is 3.05 bits per heavy atom. The number of nitrogens with zero attached hydrogens (tertiary/aromatic N) is 2. The van der Waals surface area contributed by atoms with Crippen LogP contribution in [-0.4, -0.2) is 16.3 Å². The van der Waals surface area contributed by atoms with E-state index in [0.717, 1.165) is 40.8 Å². The van der Waals surface area contributed by atoms with Crippen molar-refractivity contribution >= 4 is 33.2 Å². The Hall–Kier alpha value is -1.33. The lowest BCUT2D eigenvalue weighted by Crippen LogP contribution is -2.27. The molecule has 0 atom stereocenters. The maximum Gasteiger partial charge on any atom is 0.269 e. The molecule has 2 heterocycles. The van der Waals surface area contributed by atoms with Crippen LogP contribution in [0.3, 0.4) is 0 Å². The van der Waals surface area contributed by atoms with Crippen LogP contribution in [0.25, 0.3) is 0 Å². The molecule has 0 amide bonds. The highest BCUT2D eigenvalue weighted by molar-refractivity contribution is 9.10. The van der Waals surface area contributed by atoms with Gasteiger partial charge in [-0.3, -0.25) is 4.79 Å². The summed E-state index contributed by atoms with van der Waals surface area (Å²) in [4.78, 5) is 12.1. The molecule has 104 valence electrons. The number of hydrogen-bond acceptors (Lipinski definition) is 3. The van der Waals surface area contributed by atoms with E-state index in [1.165, 1.54) is 4.68 Å². The highest BCUT2D eigenvalue weighted by Crippen LogP contribution is 2.22. The van der Waals surface area contributed by atoms with Crippen LogP contribution in [0.4, 0.5) is 5.69 Å². The molecule has 0 fully saturated rings. The van der Waals surface area contributed by atoms with Crippen LogP contribution in [0.2, 0.25) is 5.02 Å². The summed E-state index contributed by atoms with van der Waals surface area (Å²) in [6, 6.07) is 7.25. The third kappa shape index (κ3) is 2.74. The number of halogens is 2. The van der Waals surface area contributed by atoms with Gasteiger partial charge in [0.2, 0.25) is 0 Å². The minimum Gasteiger partial charge on any atom is -0.383 e. The molecular weight excluding hydrogens is 342 g/mol. The van der Waals surface area contributed by atoms with Crippen molar-refractivity contribution in [2.45, 2.75) is 19.4 Å². The largest absolute Gasteiger partial charge is 0.383 e. The summed E-state index contributed by atoms with van der Waals surface area (Å²) in [5.41, 5.74) is 2.58. The van der Waals surface area contributed by atoms with E-state index in [4.69, 9.17) is 11.6 Å². The molecule has 1 aromatic heterocycles. The van der Waals surface area contributed by atoms with Crippen molar-refractivity contribution in [1.29, 1.82) is 0 Å². The fourth-order valence-electron chi connectivity index (χ4n) is 2.27. The average molecular weight is 355 g/mol. The predicted molar refractivity (Wildman–Crippen MR) is 83.6 cm³/mol. The maximum atomic E-state index is 12.1. The number of hydrogen-bond donors (Lipinski definition) is 1. The standard InChI is InChI=1S/C14H13BrClN3O/c15-10-4-3-9(11(16)6-10)8-19-14(20)7-13-12(18-19)2-1-5-17-13/h3-4,6-7,17H,1-2,5,8H2. The smallest absolute Gasteiger partial charge is 0.269 e. The van der Waals surface area contributed by atoms with Gasteiger partial charge in [-0.1, -0.05) is 33.6 Å². The Morgan fingerprint density at radius 2 is 2.25 bits per heavy atom. The molecule has 0 radical (unpaired) electrons. The molecule has 0 unspecified atom stereocenters. The number of aryl methyl sites for hydroxylation is 1. The van der Waals surface area contributed by atoms with Gasteiger partial charge in [0.05, 0.1) is 17.9 Å². The summed E-state index contributed by atoms with van der Waals surface area (Å²) in [5.74, 6) is 0. The normalized spacial score (nSPS) is 13.7. The minimum atomic E-state index is -0.114. The molecule has 1 aromatic carbocycles. The molecule has 0 aliphatic carbocycles. The van der Waals surface area contributed by atoms with E-state index in [0.29, 0.717) is 11.6 Å². The quantitative estimate of drug-likeness (QED) is 0.901. The van der Waals surface area contributed by atoms with Crippen LogP contribution >= 0.6 is 27.5 Å². The van der Waals surface area contributed by atoms with E-state index >= 15 is 0 Å². The summed E-state index contributed by atoms with van der Waals surface area (Å²) in [6.45, 7) is 1.29. The molecule has 0 saturated heterocycles. The lowest BCUT2D eigenvalue weighted by atomic mass is 10.1. The zero-order valence-electron chi connectivity index (χ0n) is 10.7. The maximum absolute atomic E-state index is 12.1. The predicted octanol–water partition coefficient (Wildman–Crippen LogP) is 3.07. The Bertz CT molecular complexity index is 714. The first-order valence-electron chi connectivity index (χ1n) is 6.42. The second kappa shape index (κ2) is 5.58. The summed E-state index contributed by atoms with van der Waals surface area (Å²) in [6.07, 6.45) is 1.94. The van der Waals surface area contributed by atoms with Gasteiger partial charge in [0.1, 0.15) is 0 Å². The third-order valence-corrected chi connectivity index (χ3v) is 4.16. The first-order chi connectivity index (χ1) is 9.63. The monoisotopic (exact) mass is 353 g/mol. The number of anilines is 1. The van der Waals surface area contributed by atoms with Crippen LogP contribution in [-0.2, 0) is 13.0 Å². The van der Waals surface area contributed by atoms with Crippen molar-refractivity contribution < 1.29 is 0 Å². The van der Waals surface area contributed by atoms with Crippen LogP contribution in [0.1, 0.15) is 17.7 Å². The third-order valence-electron chi connectivity index (χ3n) is 3.32. The van der Waals surface area contributed by atoms with Gasteiger partial charge in [0, 0.05) is 22.1 Å². The van der Waals surface area contributed by atoms with Crippen LogP contribution in [0, 0.1) is 0 Å². The molecule has 6 heteroatoms. The van der Waals surface area contributed by atoms with E-state index in [1.54, 1.807) is 6.07 Å². The van der Waals surface area contributed by atoms with E-state index in [9.17, 15) is 4.79 Å². The molecule has 0 saturated carbocycles. The molecule has 1 aliphatic heterocycles. The molecule has 0 bridgehead atoms. The van der Waals surface area contributed by atoms with Crippen molar-refractivity contribution in [3.05, 3.63) is 55.4 Å². The van der Waals surface area contributed by atoms with Crippen LogP contribution < -0.4 is 10.9 Å². The van der Waals surface area contributed by atoms with Crippen molar-refractivity contribution in [1.82, 2.24) is 9.78 Å². The summed E-state index contributed by atoms with van der Waals surface area (Å²) < 4.78 is 2.39. The second-order valence-electron chi connectivity index (χ2n) is 4.77. The van der Waals surface area contributed by atoms with Gasteiger partial charge < -0.3 is 5.32 Å². The number of benzene rings is 1. The van der Waals surface area contributed by atoms with Gasteiger partial charge >= 0.3 is 0 Å². The average Bonchev–Trinajstić information content (AvgIpc) is 2.42. The highest BCUT2D eigenvalue weighted by atomic mass is 79.9. The molecule has 0 spiro atoms. The molecule has 4 nitrogen and oxygen atoms in total. The first kappa shape index (κ1) is 13.6. The topological polar surface area (TPSA) is 46.9 Å². The lowest BCUT2D eigenvalue weighted by molar-refractivity contribution is 0.608. The van der Waals surface area contributed by atoms with Gasteiger partial charge in [-0.05, 0) is 30.5 Å². The first-order valence-corrected chi connectivity index (χ1v) is 7.59. The molecular formula is C14H13BrClN3O. The SMILES string of the molecule is O=c1cc2c(nn1Cc1ccc(Br)cc1Cl)CCCN2. The number of rotatable bonds is 2. The zero-order chi connectivity index (χ0) is 14.1. The summed E-state index contributed by atoms with van der Waals surface area (Å²) in [7, 11) is 0. The number of nitrogens with one attached hydrogen (secondary N) is 1. The Kier molecular flexibility index (Phi) is 3.81. The van der Waals surface area contributed by atoms with E-state index in [2.05, 4.69) is 26.3 Å². The van der Waals surface area contributed by atoms with Gasteiger partial charge in [-0.2, -0.15) is 5.10 Å². The van der Waals surface area contributed by atoms with Crippen LogP contribution in [0.15, 0.2) is 33.5 Å². The zero-order valence-corrected chi connectivity index (χ0v) is 13.0. The summed E-state index contributed by atoms with van der Waals surface area (Å²) in [5, 5.41) is 8.28. The molecule has 1 aliphatic rings. The second-order valence-corrected chi connectivity index (χ2v) is 6.09. The Morgan fingerprint density at radius 1 is 1.40 bits per heavy atom. The highest BCUT2D eigenvalue weighted by Gasteiger charge is 2.13. The van der Waals surface area contributed by atoms with Gasteiger partial charge in [-0.25, -0.2) is 4.68 Å². The van der Waals surface area contributed by atoms with Gasteiger partial charge in [0.15, 0.2) is 0 Å². The van der Waals surface area contributed by atoms with Crippen LogP contribution in [0.5, 0.6) is 0 Å². The van der Waals surface area contributed by atoms with Crippen molar-refractivity contribution in [3.63, 3.8) is 0 Å². The van der Waals surface area contributed by atoms with E-state index in [-0.39, 0.29) is 5.56 Å². The fraction of sp³-hybridized carbons (Fsp3) is 0.286. The van der Waals surface area contributed by atoms with Crippen molar-refractivity contribution in [2.75, 3.05) is 11.9 Å². The summed E-state index contributed by atoms with van der Waals surface area (Å²) >= 11 is 9.56. The molecule has 2 aromatic rings. The molecule has 1 N–H and O–H groups in total. The minimum absolute atomic E-state index is 0.114. The molecule has 3 rings (SSSR count). The van der Waals surface area contributed by atoms with Gasteiger partial charge in [0.25, 0.3) is 5.56 Å². The lowest BCUT2D eigenvalue weighted by Gasteiger charge is -2.18. The van der Waals surface area contributed by atoms with Crippen molar-refractivity contribution in [3.8, 4) is 0 Å². The Balaban J connectivity index is 1.96. The fourth-order valence-corrected chi connectivity index (χ4v) is 3.00. The Labute approximate surface area is 129 Å². The van der Waals surface area contributed by atoms with E-state index < -0.39 is 0 Å². The van der Waals surface area contributed by atoms with E-state index in [1.807, 2.05) is 18.2 Å². The van der Waals surface area contributed by atoms with Crippen molar-refractivity contribution in [2.24, 2.45) is 0 Å². The molecule has 20 heavy (non-hydrogen) atoms. The van der Waals surface area contributed by atoms with Gasteiger partial charge in [-0.15, -0.1) is 0 Å². The number of aromatic nitrogens is 2. The number of fused-ring (bicyclic) bond motifs is 1.